The fourth-order valence-electron chi connectivity index (χ4n) is 2.95. The molecule has 28 heavy (non-hydrogen) atoms. The predicted octanol–water partition coefficient (Wildman–Crippen LogP) is 3.60. The van der Waals surface area contributed by atoms with Gasteiger partial charge in [0, 0.05) is 30.1 Å². The van der Waals surface area contributed by atoms with E-state index in [-0.39, 0.29) is 12.1 Å². The maximum atomic E-state index is 11.9. The molecule has 0 radical (unpaired) electrons. The van der Waals surface area contributed by atoms with Crippen molar-refractivity contribution in [1.29, 1.82) is 0 Å². The summed E-state index contributed by atoms with van der Waals surface area (Å²) >= 11 is 3.38. The molecule has 1 aliphatic rings. The van der Waals surface area contributed by atoms with Gasteiger partial charge in [0.15, 0.2) is 0 Å². The van der Waals surface area contributed by atoms with Gasteiger partial charge in [-0.05, 0) is 51.8 Å². The summed E-state index contributed by atoms with van der Waals surface area (Å²) in [7, 11) is 1.35. The molecule has 0 bridgehead atoms. The predicted molar refractivity (Wildman–Crippen MR) is 110 cm³/mol. The Labute approximate surface area is 174 Å². The SMILES string of the molecule is COC(=O)c1cc(Br)cc(OCCN2CCC(NC(=O)OC(C)(C)C)CC2)c1. The highest BCUT2D eigenvalue weighted by molar-refractivity contribution is 9.10. The first-order chi connectivity index (χ1) is 13.2. The lowest BCUT2D eigenvalue weighted by atomic mass is 10.1. The molecule has 1 aromatic carbocycles. The van der Waals surface area contributed by atoms with Crippen molar-refractivity contribution in [3.8, 4) is 5.75 Å². The van der Waals surface area contributed by atoms with Gasteiger partial charge in [-0.15, -0.1) is 0 Å². The first-order valence-corrected chi connectivity index (χ1v) is 10.2. The number of esters is 1. The first kappa shape index (κ1) is 22.5. The lowest BCUT2D eigenvalue weighted by Gasteiger charge is -2.32. The number of carbonyl (C=O) groups is 2. The average Bonchev–Trinajstić information content (AvgIpc) is 2.60. The number of nitrogens with one attached hydrogen (secondary N) is 1. The normalized spacial score (nSPS) is 15.8. The molecule has 2 rings (SSSR count). The highest BCUT2D eigenvalue weighted by Gasteiger charge is 2.23. The minimum Gasteiger partial charge on any atom is -0.492 e. The van der Waals surface area contributed by atoms with Gasteiger partial charge in [-0.1, -0.05) is 15.9 Å². The number of halogens is 1. The summed E-state index contributed by atoms with van der Waals surface area (Å²) in [5.74, 6) is 0.224. The van der Waals surface area contributed by atoms with Gasteiger partial charge < -0.3 is 19.5 Å². The number of hydrogen-bond acceptors (Lipinski definition) is 6. The van der Waals surface area contributed by atoms with Gasteiger partial charge in [-0.3, -0.25) is 4.90 Å². The molecule has 0 atom stereocenters. The lowest BCUT2D eigenvalue weighted by molar-refractivity contribution is 0.0475. The lowest BCUT2D eigenvalue weighted by Crippen LogP contribution is -2.46. The number of rotatable bonds is 6. The number of ether oxygens (including phenoxy) is 3. The van der Waals surface area contributed by atoms with Crippen LogP contribution >= 0.6 is 15.9 Å². The fraction of sp³-hybridized carbons (Fsp3) is 0.600. The second-order valence-electron chi connectivity index (χ2n) is 7.78. The Balaban J connectivity index is 1.72. The van der Waals surface area contributed by atoms with E-state index in [2.05, 4.69) is 26.1 Å². The van der Waals surface area contributed by atoms with E-state index in [0.717, 1.165) is 36.9 Å². The highest BCUT2D eigenvalue weighted by Crippen LogP contribution is 2.22. The van der Waals surface area contributed by atoms with Crippen molar-refractivity contribution in [2.75, 3.05) is 33.4 Å². The highest BCUT2D eigenvalue weighted by atomic mass is 79.9. The number of piperidine rings is 1. The van der Waals surface area contributed by atoms with Crippen molar-refractivity contribution in [3.63, 3.8) is 0 Å². The van der Waals surface area contributed by atoms with Crippen LogP contribution in [-0.4, -0.2) is 62.0 Å². The van der Waals surface area contributed by atoms with E-state index in [0.29, 0.717) is 17.9 Å². The summed E-state index contributed by atoms with van der Waals surface area (Å²) in [4.78, 5) is 25.8. The summed E-state index contributed by atoms with van der Waals surface area (Å²) in [6.45, 7) is 8.63. The largest absolute Gasteiger partial charge is 0.492 e. The zero-order valence-corrected chi connectivity index (χ0v) is 18.5. The fourth-order valence-corrected chi connectivity index (χ4v) is 3.42. The molecule has 1 heterocycles. The molecule has 156 valence electrons. The van der Waals surface area contributed by atoms with Crippen molar-refractivity contribution in [2.24, 2.45) is 0 Å². The smallest absolute Gasteiger partial charge is 0.407 e. The number of amides is 1. The molecule has 1 N–H and O–H groups in total. The molecule has 8 heteroatoms. The average molecular weight is 457 g/mol. The number of benzene rings is 1. The van der Waals surface area contributed by atoms with Crippen LogP contribution in [0, 0.1) is 0 Å². The van der Waals surface area contributed by atoms with E-state index < -0.39 is 11.6 Å². The maximum absolute atomic E-state index is 11.9. The molecule has 0 spiro atoms. The molecule has 1 saturated heterocycles. The van der Waals surface area contributed by atoms with Crippen molar-refractivity contribution >= 4 is 28.0 Å². The second kappa shape index (κ2) is 10.1. The molecule has 0 aliphatic carbocycles. The van der Waals surface area contributed by atoms with E-state index in [1.165, 1.54) is 7.11 Å². The van der Waals surface area contributed by atoms with Gasteiger partial charge >= 0.3 is 12.1 Å². The molecule has 7 nitrogen and oxygen atoms in total. The molecule has 0 aromatic heterocycles. The van der Waals surface area contributed by atoms with Crippen molar-refractivity contribution < 1.29 is 23.8 Å². The van der Waals surface area contributed by atoms with Crippen LogP contribution in [0.4, 0.5) is 4.79 Å². The summed E-state index contributed by atoms with van der Waals surface area (Å²) in [5, 5.41) is 2.94. The van der Waals surface area contributed by atoms with E-state index in [4.69, 9.17) is 14.2 Å². The Kier molecular flexibility index (Phi) is 8.12. The van der Waals surface area contributed by atoms with Gasteiger partial charge in [0.1, 0.15) is 18.0 Å². The van der Waals surface area contributed by atoms with E-state index in [1.807, 2.05) is 26.8 Å². The third kappa shape index (κ3) is 7.67. The summed E-state index contributed by atoms with van der Waals surface area (Å²) in [6, 6.07) is 5.33. The minimum absolute atomic E-state index is 0.139. The van der Waals surface area contributed by atoms with Crippen LogP contribution in [0.15, 0.2) is 22.7 Å². The summed E-state index contributed by atoms with van der Waals surface area (Å²) < 4.78 is 16.6. The standard InChI is InChI=1S/C20H29BrN2O5/c1-20(2,3)28-19(25)22-16-5-7-23(8-6-16)9-10-27-17-12-14(18(24)26-4)11-15(21)13-17/h11-13,16H,5-10H2,1-4H3,(H,22,25). The number of hydrogen-bond donors (Lipinski definition) is 1. The van der Waals surface area contributed by atoms with Crippen LogP contribution in [0.25, 0.3) is 0 Å². The molecule has 0 unspecified atom stereocenters. The van der Waals surface area contributed by atoms with Gasteiger partial charge in [0.2, 0.25) is 0 Å². The molecule has 1 aromatic rings. The summed E-state index contributed by atoms with van der Waals surface area (Å²) in [5.41, 5.74) is -0.0386. The van der Waals surface area contributed by atoms with Crippen LogP contribution in [0.3, 0.4) is 0 Å². The second-order valence-corrected chi connectivity index (χ2v) is 8.69. The van der Waals surface area contributed by atoms with Gasteiger partial charge in [0.25, 0.3) is 0 Å². The molecule has 1 amide bonds. The van der Waals surface area contributed by atoms with E-state index in [1.54, 1.807) is 12.1 Å². The Morgan fingerprint density at radius 1 is 1.21 bits per heavy atom. The zero-order chi connectivity index (χ0) is 20.7. The van der Waals surface area contributed by atoms with Crippen LogP contribution in [0.5, 0.6) is 5.75 Å². The topological polar surface area (TPSA) is 77.1 Å². The van der Waals surface area contributed by atoms with Crippen molar-refractivity contribution in [1.82, 2.24) is 10.2 Å². The number of likely N-dealkylation sites (tertiary alicyclic amines) is 1. The van der Waals surface area contributed by atoms with Crippen molar-refractivity contribution in [2.45, 2.75) is 45.3 Å². The van der Waals surface area contributed by atoms with E-state index >= 15 is 0 Å². The Bertz CT molecular complexity index is 682. The number of methoxy groups -OCH3 is 1. The molecule has 0 saturated carbocycles. The quantitative estimate of drug-likeness (QED) is 0.658. The molecular weight excluding hydrogens is 428 g/mol. The Morgan fingerprint density at radius 2 is 1.89 bits per heavy atom. The van der Waals surface area contributed by atoms with Crippen LogP contribution < -0.4 is 10.1 Å². The van der Waals surface area contributed by atoms with Gasteiger partial charge in [-0.2, -0.15) is 0 Å². The minimum atomic E-state index is -0.484. The Morgan fingerprint density at radius 3 is 2.50 bits per heavy atom. The monoisotopic (exact) mass is 456 g/mol. The number of carbonyl (C=O) groups excluding carboxylic acids is 2. The van der Waals surface area contributed by atoms with Crippen LogP contribution in [0.2, 0.25) is 0 Å². The van der Waals surface area contributed by atoms with E-state index in [9.17, 15) is 9.59 Å². The summed E-state index contributed by atoms with van der Waals surface area (Å²) in [6.07, 6.45) is 1.40. The third-order valence-electron chi connectivity index (χ3n) is 4.28. The zero-order valence-electron chi connectivity index (χ0n) is 16.9. The van der Waals surface area contributed by atoms with Gasteiger partial charge in [-0.25, -0.2) is 9.59 Å². The van der Waals surface area contributed by atoms with Gasteiger partial charge in [0.05, 0.1) is 12.7 Å². The third-order valence-corrected chi connectivity index (χ3v) is 4.73. The van der Waals surface area contributed by atoms with Crippen LogP contribution in [-0.2, 0) is 9.47 Å². The number of alkyl carbamates (subject to hydrolysis) is 1. The van der Waals surface area contributed by atoms with Crippen molar-refractivity contribution in [3.05, 3.63) is 28.2 Å². The Hall–Kier alpha value is -1.80. The first-order valence-electron chi connectivity index (χ1n) is 9.40. The molecule has 1 fully saturated rings. The molecular formula is C20H29BrN2O5. The maximum Gasteiger partial charge on any atom is 0.407 e. The molecule has 1 aliphatic heterocycles. The number of nitrogens with zero attached hydrogens (tertiary/aromatic N) is 1. The van der Waals surface area contributed by atoms with Crippen LogP contribution in [0.1, 0.15) is 44.0 Å².